The molecule has 0 rings (SSSR count). The van der Waals surface area contributed by atoms with Crippen LogP contribution in [0.5, 0.6) is 0 Å². The summed E-state index contributed by atoms with van der Waals surface area (Å²) in [6, 6.07) is 0. The standard InChI is InChI=1S/C8H13NO3S/c1-5(13)4-7(6(2)10)9-8(11)12-3/h4-5,13H,1-3H3,(H,9,11)/b7-4-. The summed E-state index contributed by atoms with van der Waals surface area (Å²) in [5, 5.41) is 2.20. The van der Waals surface area contributed by atoms with Crippen molar-refractivity contribution in [2.75, 3.05) is 7.11 Å². The number of ether oxygens (including phenoxy) is 1. The minimum absolute atomic E-state index is 0.101. The normalized spacial score (nSPS) is 13.4. The number of hydrogen-bond acceptors (Lipinski definition) is 4. The second kappa shape index (κ2) is 5.64. The van der Waals surface area contributed by atoms with Crippen molar-refractivity contribution < 1.29 is 14.3 Å². The predicted octanol–water partition coefficient (Wildman–Crippen LogP) is 1.13. The van der Waals surface area contributed by atoms with Crippen LogP contribution >= 0.6 is 12.6 Å². The van der Waals surface area contributed by atoms with Gasteiger partial charge in [0.05, 0.1) is 12.8 Å². The Hall–Kier alpha value is -0.970. The van der Waals surface area contributed by atoms with Gasteiger partial charge in [0, 0.05) is 12.2 Å². The lowest BCUT2D eigenvalue weighted by molar-refractivity contribution is -0.113. The third kappa shape index (κ3) is 5.30. The minimum atomic E-state index is -0.657. The third-order valence-corrected chi connectivity index (χ3v) is 1.36. The van der Waals surface area contributed by atoms with Gasteiger partial charge in [-0.25, -0.2) is 4.79 Å². The Morgan fingerprint density at radius 3 is 2.38 bits per heavy atom. The van der Waals surface area contributed by atoms with Gasteiger partial charge in [-0.2, -0.15) is 12.6 Å². The van der Waals surface area contributed by atoms with Crippen LogP contribution in [0.1, 0.15) is 13.8 Å². The average Bonchev–Trinajstić information content (AvgIpc) is 2.02. The number of alkyl carbamates (subject to hydrolysis) is 1. The molecule has 1 atom stereocenters. The average molecular weight is 203 g/mol. The fourth-order valence-corrected chi connectivity index (χ4v) is 0.798. The van der Waals surface area contributed by atoms with Crippen molar-refractivity contribution in [2.45, 2.75) is 19.1 Å². The van der Waals surface area contributed by atoms with E-state index in [1.54, 1.807) is 13.0 Å². The zero-order valence-corrected chi connectivity index (χ0v) is 8.72. The van der Waals surface area contributed by atoms with Crippen LogP contribution in [-0.2, 0) is 9.53 Å². The second-order valence-corrected chi connectivity index (χ2v) is 3.31. The SMILES string of the molecule is COC(=O)N/C(=C\C(C)S)C(C)=O. The third-order valence-electron chi connectivity index (χ3n) is 1.21. The molecule has 0 aromatic carbocycles. The molecule has 1 amide bonds. The monoisotopic (exact) mass is 203 g/mol. The van der Waals surface area contributed by atoms with Crippen LogP contribution < -0.4 is 5.32 Å². The van der Waals surface area contributed by atoms with E-state index in [2.05, 4.69) is 22.7 Å². The minimum Gasteiger partial charge on any atom is -0.453 e. The lowest BCUT2D eigenvalue weighted by Gasteiger charge is -2.06. The predicted molar refractivity (Wildman–Crippen MR) is 52.8 cm³/mol. The van der Waals surface area contributed by atoms with Crippen molar-refractivity contribution in [3.8, 4) is 0 Å². The molecule has 0 spiro atoms. The molecule has 0 fully saturated rings. The zero-order valence-electron chi connectivity index (χ0n) is 7.83. The smallest absolute Gasteiger partial charge is 0.411 e. The fraction of sp³-hybridized carbons (Fsp3) is 0.500. The molecule has 0 aliphatic heterocycles. The molecule has 0 aromatic heterocycles. The largest absolute Gasteiger partial charge is 0.453 e. The number of rotatable bonds is 3. The van der Waals surface area contributed by atoms with Gasteiger partial charge in [-0.1, -0.05) is 0 Å². The van der Waals surface area contributed by atoms with Crippen molar-refractivity contribution in [1.82, 2.24) is 5.32 Å². The molecule has 0 saturated carbocycles. The van der Waals surface area contributed by atoms with E-state index >= 15 is 0 Å². The van der Waals surface area contributed by atoms with Gasteiger partial charge in [0.15, 0.2) is 5.78 Å². The fourth-order valence-electron chi connectivity index (χ4n) is 0.649. The highest BCUT2D eigenvalue weighted by Crippen LogP contribution is 2.00. The van der Waals surface area contributed by atoms with Gasteiger partial charge in [0.25, 0.3) is 0 Å². The summed E-state index contributed by atoms with van der Waals surface area (Å²) in [5.74, 6) is -0.230. The van der Waals surface area contributed by atoms with Crippen LogP contribution in [0, 0.1) is 0 Å². The highest BCUT2D eigenvalue weighted by atomic mass is 32.1. The number of hydrogen-bond donors (Lipinski definition) is 2. The molecule has 4 nitrogen and oxygen atoms in total. The Bertz CT molecular complexity index is 236. The highest BCUT2D eigenvalue weighted by molar-refractivity contribution is 7.81. The second-order valence-electron chi connectivity index (χ2n) is 2.49. The number of ketones is 1. The van der Waals surface area contributed by atoms with Gasteiger partial charge < -0.3 is 4.74 Å². The first-order valence-electron chi connectivity index (χ1n) is 3.73. The quantitative estimate of drug-likeness (QED) is 0.534. The van der Waals surface area contributed by atoms with Gasteiger partial charge in [-0.15, -0.1) is 0 Å². The first-order valence-corrected chi connectivity index (χ1v) is 4.24. The maximum atomic E-state index is 11.0. The Morgan fingerprint density at radius 1 is 1.54 bits per heavy atom. The van der Waals surface area contributed by atoms with Gasteiger partial charge in [0.1, 0.15) is 0 Å². The molecule has 13 heavy (non-hydrogen) atoms. The Morgan fingerprint density at radius 2 is 2.08 bits per heavy atom. The molecule has 1 N–H and O–H groups in total. The molecule has 0 radical (unpaired) electrons. The summed E-state index contributed by atoms with van der Waals surface area (Å²) in [6.07, 6.45) is 0.887. The van der Waals surface area contributed by atoms with E-state index in [9.17, 15) is 9.59 Å². The van der Waals surface area contributed by atoms with Crippen LogP contribution in [0.3, 0.4) is 0 Å². The Kier molecular flexibility index (Phi) is 5.22. The highest BCUT2D eigenvalue weighted by Gasteiger charge is 2.08. The van der Waals surface area contributed by atoms with Gasteiger partial charge in [-0.3, -0.25) is 10.1 Å². The van der Waals surface area contributed by atoms with E-state index in [0.717, 1.165) is 0 Å². The summed E-state index contributed by atoms with van der Waals surface area (Å²) < 4.78 is 4.34. The summed E-state index contributed by atoms with van der Waals surface area (Å²) >= 11 is 4.06. The summed E-state index contributed by atoms with van der Waals surface area (Å²) in [6.45, 7) is 3.14. The molecule has 0 aromatic rings. The van der Waals surface area contributed by atoms with E-state index in [4.69, 9.17) is 0 Å². The maximum Gasteiger partial charge on any atom is 0.411 e. The lowest BCUT2D eigenvalue weighted by atomic mass is 10.2. The van der Waals surface area contributed by atoms with Crippen LogP contribution in [0.15, 0.2) is 11.8 Å². The first kappa shape index (κ1) is 12.0. The van der Waals surface area contributed by atoms with Crippen LogP contribution in [0.2, 0.25) is 0 Å². The molecular weight excluding hydrogens is 190 g/mol. The molecule has 0 bridgehead atoms. The van der Waals surface area contributed by atoms with E-state index in [-0.39, 0.29) is 16.7 Å². The van der Waals surface area contributed by atoms with Crippen molar-refractivity contribution in [1.29, 1.82) is 0 Å². The number of carbonyl (C=O) groups is 2. The number of carbonyl (C=O) groups excluding carboxylic acids is 2. The summed E-state index contributed by atoms with van der Waals surface area (Å²) in [7, 11) is 1.23. The molecule has 0 aliphatic carbocycles. The molecule has 1 unspecified atom stereocenters. The van der Waals surface area contributed by atoms with Crippen LogP contribution in [0.25, 0.3) is 0 Å². The van der Waals surface area contributed by atoms with Crippen LogP contribution in [0.4, 0.5) is 4.79 Å². The maximum absolute atomic E-state index is 11.0. The van der Waals surface area contributed by atoms with Gasteiger partial charge >= 0.3 is 6.09 Å². The molecule has 74 valence electrons. The summed E-state index contributed by atoms with van der Waals surface area (Å²) in [4.78, 5) is 21.7. The number of thiol groups is 1. The van der Waals surface area contributed by atoms with Gasteiger partial charge in [0.2, 0.25) is 0 Å². The summed E-state index contributed by atoms with van der Waals surface area (Å²) in [5.41, 5.74) is 0.203. The molecular formula is C8H13NO3S. The first-order chi connectivity index (χ1) is 5.97. The Labute approximate surface area is 82.7 Å². The van der Waals surface area contributed by atoms with E-state index in [0.29, 0.717) is 0 Å². The van der Waals surface area contributed by atoms with Gasteiger partial charge in [-0.05, 0) is 13.0 Å². The van der Waals surface area contributed by atoms with E-state index in [1.807, 2.05) is 0 Å². The Balaban J connectivity index is 4.45. The van der Waals surface area contributed by atoms with E-state index < -0.39 is 6.09 Å². The van der Waals surface area contributed by atoms with Crippen LogP contribution in [-0.4, -0.2) is 24.2 Å². The number of amides is 1. The molecule has 0 aliphatic rings. The molecule has 0 heterocycles. The zero-order chi connectivity index (χ0) is 10.4. The molecule has 0 saturated heterocycles. The number of methoxy groups -OCH3 is 1. The number of allylic oxidation sites excluding steroid dienone is 1. The van der Waals surface area contributed by atoms with Crippen molar-refractivity contribution >= 4 is 24.5 Å². The van der Waals surface area contributed by atoms with Crippen molar-refractivity contribution in [3.63, 3.8) is 0 Å². The van der Waals surface area contributed by atoms with E-state index in [1.165, 1.54) is 14.0 Å². The molecule has 5 heteroatoms. The number of nitrogens with one attached hydrogen (secondary N) is 1. The number of Topliss-reactive ketones (excluding diaryl/α,β-unsaturated/α-hetero) is 1. The topological polar surface area (TPSA) is 55.4 Å². The van der Waals surface area contributed by atoms with Crippen molar-refractivity contribution in [2.24, 2.45) is 0 Å². The lowest BCUT2D eigenvalue weighted by Crippen LogP contribution is -2.26. The van der Waals surface area contributed by atoms with Crippen molar-refractivity contribution in [3.05, 3.63) is 11.8 Å².